The normalized spacial score (nSPS) is 16.3. The standard InChI is InChI=1S/C23H20F3N3O/c1-2-15-5-7-16(8-6-15)9-10-17-11-12-18(14-19(17)23(24,25)26)21-28-22(30-29-21)20-4-3-13-27-20/h5-8,11-12,14,20,27H,2-4,13H2,1H3/t20-/m0/s1. The van der Waals surface area contributed by atoms with Crippen LogP contribution < -0.4 is 5.32 Å². The van der Waals surface area contributed by atoms with E-state index in [0.29, 0.717) is 11.5 Å². The molecule has 1 atom stereocenters. The highest BCUT2D eigenvalue weighted by Gasteiger charge is 2.34. The number of aromatic nitrogens is 2. The highest BCUT2D eigenvalue weighted by Crippen LogP contribution is 2.34. The Balaban J connectivity index is 1.65. The maximum atomic E-state index is 13.7. The van der Waals surface area contributed by atoms with E-state index >= 15 is 0 Å². The zero-order chi connectivity index (χ0) is 21.1. The molecule has 1 fully saturated rings. The molecule has 0 bridgehead atoms. The van der Waals surface area contributed by atoms with Crippen LogP contribution in [-0.2, 0) is 12.6 Å². The van der Waals surface area contributed by atoms with Crippen LogP contribution in [0.4, 0.5) is 13.2 Å². The number of hydrogen-bond donors (Lipinski definition) is 1. The van der Waals surface area contributed by atoms with Gasteiger partial charge in [0.1, 0.15) is 0 Å². The molecule has 1 aliphatic rings. The molecule has 1 N–H and O–H groups in total. The summed E-state index contributed by atoms with van der Waals surface area (Å²) in [6.07, 6.45) is -1.80. The summed E-state index contributed by atoms with van der Waals surface area (Å²) < 4.78 is 46.3. The number of nitrogens with zero attached hydrogens (tertiary/aromatic N) is 2. The Hall–Kier alpha value is -3.11. The minimum atomic E-state index is -4.55. The SMILES string of the molecule is CCc1ccc(C#Cc2ccc(-c3noc([C@@H]4CCCN4)n3)cc2C(F)(F)F)cc1. The lowest BCUT2D eigenvalue weighted by Crippen LogP contribution is -2.13. The first-order valence-electron chi connectivity index (χ1n) is 9.83. The average molecular weight is 411 g/mol. The van der Waals surface area contributed by atoms with E-state index in [9.17, 15) is 13.2 Å². The van der Waals surface area contributed by atoms with E-state index in [0.717, 1.165) is 37.4 Å². The third-order valence-corrected chi connectivity index (χ3v) is 5.09. The third kappa shape index (κ3) is 4.39. The van der Waals surface area contributed by atoms with Crippen LogP contribution in [0.15, 0.2) is 47.0 Å². The van der Waals surface area contributed by atoms with Gasteiger partial charge in [-0.15, -0.1) is 0 Å². The van der Waals surface area contributed by atoms with E-state index in [4.69, 9.17) is 4.52 Å². The molecule has 4 rings (SSSR count). The lowest BCUT2D eigenvalue weighted by Gasteiger charge is -2.10. The lowest BCUT2D eigenvalue weighted by atomic mass is 10.0. The van der Waals surface area contributed by atoms with E-state index in [1.54, 1.807) is 0 Å². The molecule has 7 heteroatoms. The van der Waals surface area contributed by atoms with Gasteiger partial charge in [0.2, 0.25) is 11.7 Å². The van der Waals surface area contributed by atoms with Gasteiger partial charge in [-0.05, 0) is 61.7 Å². The van der Waals surface area contributed by atoms with Crippen molar-refractivity contribution in [3.63, 3.8) is 0 Å². The maximum Gasteiger partial charge on any atom is 0.417 e. The van der Waals surface area contributed by atoms with E-state index in [1.165, 1.54) is 12.1 Å². The van der Waals surface area contributed by atoms with Crippen LogP contribution in [-0.4, -0.2) is 16.7 Å². The highest BCUT2D eigenvalue weighted by molar-refractivity contribution is 5.60. The Bertz CT molecular complexity index is 1090. The number of halogens is 3. The summed E-state index contributed by atoms with van der Waals surface area (Å²) in [4.78, 5) is 4.28. The van der Waals surface area contributed by atoms with Gasteiger partial charge in [0.25, 0.3) is 0 Å². The Kier molecular flexibility index (Phi) is 5.60. The molecule has 0 amide bonds. The minimum absolute atomic E-state index is 0.0439. The molecule has 30 heavy (non-hydrogen) atoms. The molecule has 154 valence electrons. The van der Waals surface area contributed by atoms with Crippen molar-refractivity contribution in [2.75, 3.05) is 6.54 Å². The van der Waals surface area contributed by atoms with E-state index in [2.05, 4.69) is 27.3 Å². The summed E-state index contributed by atoms with van der Waals surface area (Å²) in [7, 11) is 0. The number of aryl methyl sites for hydroxylation is 1. The van der Waals surface area contributed by atoms with Gasteiger partial charge in [-0.25, -0.2) is 0 Å². The second-order valence-electron chi connectivity index (χ2n) is 7.16. The fourth-order valence-electron chi connectivity index (χ4n) is 3.38. The molecular formula is C23H20F3N3O. The second-order valence-corrected chi connectivity index (χ2v) is 7.16. The van der Waals surface area contributed by atoms with Crippen molar-refractivity contribution in [3.8, 4) is 23.2 Å². The largest absolute Gasteiger partial charge is 0.417 e. The van der Waals surface area contributed by atoms with E-state index in [1.807, 2.05) is 31.2 Å². The summed E-state index contributed by atoms with van der Waals surface area (Å²) >= 11 is 0. The number of rotatable bonds is 3. The van der Waals surface area contributed by atoms with E-state index < -0.39 is 11.7 Å². The van der Waals surface area contributed by atoms with E-state index in [-0.39, 0.29) is 23.0 Å². The van der Waals surface area contributed by atoms with Gasteiger partial charge in [0, 0.05) is 16.7 Å². The molecule has 1 aromatic heterocycles. The maximum absolute atomic E-state index is 13.7. The first-order valence-corrected chi connectivity index (χ1v) is 9.83. The fraction of sp³-hybridized carbons (Fsp3) is 0.304. The van der Waals surface area contributed by atoms with Gasteiger partial charge < -0.3 is 9.84 Å². The number of benzene rings is 2. The Morgan fingerprint density at radius 2 is 1.93 bits per heavy atom. The highest BCUT2D eigenvalue weighted by atomic mass is 19.4. The smallest absolute Gasteiger partial charge is 0.337 e. The average Bonchev–Trinajstić information content (AvgIpc) is 3.43. The van der Waals surface area contributed by atoms with Crippen molar-refractivity contribution in [3.05, 3.63) is 70.6 Å². The van der Waals surface area contributed by atoms with Crippen LogP contribution in [0.3, 0.4) is 0 Å². The zero-order valence-electron chi connectivity index (χ0n) is 16.4. The van der Waals surface area contributed by atoms with Gasteiger partial charge in [-0.3, -0.25) is 0 Å². The molecule has 0 unspecified atom stereocenters. The van der Waals surface area contributed by atoms with Crippen LogP contribution >= 0.6 is 0 Å². The van der Waals surface area contributed by atoms with Crippen LogP contribution in [0.5, 0.6) is 0 Å². The molecule has 1 aliphatic heterocycles. The zero-order valence-corrected chi connectivity index (χ0v) is 16.4. The topological polar surface area (TPSA) is 51.0 Å². The van der Waals surface area contributed by atoms with Gasteiger partial charge in [0.15, 0.2) is 0 Å². The molecule has 0 saturated carbocycles. The number of hydrogen-bond acceptors (Lipinski definition) is 4. The van der Waals surface area contributed by atoms with Crippen molar-refractivity contribution >= 4 is 0 Å². The first kappa shape index (κ1) is 20.2. The molecule has 0 radical (unpaired) electrons. The summed E-state index contributed by atoms with van der Waals surface area (Å²) in [5.41, 5.74) is 1.15. The Morgan fingerprint density at radius 3 is 2.60 bits per heavy atom. The van der Waals surface area contributed by atoms with Gasteiger partial charge >= 0.3 is 6.18 Å². The van der Waals surface area contributed by atoms with Crippen LogP contribution in [0.1, 0.15) is 54.0 Å². The fourth-order valence-corrected chi connectivity index (χ4v) is 3.38. The molecule has 4 nitrogen and oxygen atoms in total. The monoisotopic (exact) mass is 411 g/mol. The van der Waals surface area contributed by atoms with Crippen molar-refractivity contribution in [2.45, 2.75) is 38.4 Å². The van der Waals surface area contributed by atoms with Crippen molar-refractivity contribution in [1.29, 1.82) is 0 Å². The number of alkyl halides is 3. The summed E-state index contributed by atoms with van der Waals surface area (Å²) in [5.74, 6) is 6.01. The molecule has 2 heterocycles. The third-order valence-electron chi connectivity index (χ3n) is 5.09. The van der Waals surface area contributed by atoms with Crippen LogP contribution in [0.25, 0.3) is 11.4 Å². The predicted molar refractivity (Wildman–Crippen MR) is 107 cm³/mol. The Labute approximate surface area is 172 Å². The summed E-state index contributed by atoms with van der Waals surface area (Å²) in [6, 6.07) is 11.3. The summed E-state index contributed by atoms with van der Waals surface area (Å²) in [5, 5.41) is 7.09. The van der Waals surface area contributed by atoms with Crippen molar-refractivity contribution in [2.24, 2.45) is 0 Å². The van der Waals surface area contributed by atoms with Gasteiger partial charge in [0.05, 0.1) is 11.6 Å². The molecular weight excluding hydrogens is 391 g/mol. The number of nitrogens with one attached hydrogen (secondary N) is 1. The molecule has 1 saturated heterocycles. The Morgan fingerprint density at radius 1 is 1.13 bits per heavy atom. The lowest BCUT2D eigenvalue weighted by molar-refractivity contribution is -0.137. The minimum Gasteiger partial charge on any atom is -0.337 e. The van der Waals surface area contributed by atoms with Crippen LogP contribution in [0.2, 0.25) is 0 Å². The molecule has 2 aromatic carbocycles. The van der Waals surface area contributed by atoms with Crippen molar-refractivity contribution in [1.82, 2.24) is 15.5 Å². The van der Waals surface area contributed by atoms with Crippen LogP contribution in [0, 0.1) is 11.8 Å². The molecule has 0 spiro atoms. The molecule has 3 aromatic rings. The quantitative estimate of drug-likeness (QED) is 0.606. The van der Waals surface area contributed by atoms with Gasteiger partial charge in [-0.1, -0.05) is 36.1 Å². The summed E-state index contributed by atoms with van der Waals surface area (Å²) in [6.45, 7) is 2.89. The van der Waals surface area contributed by atoms with Crippen molar-refractivity contribution < 1.29 is 17.7 Å². The predicted octanol–water partition coefficient (Wildman–Crippen LogP) is 5.14. The second kappa shape index (κ2) is 8.33. The first-order chi connectivity index (χ1) is 14.4. The van der Waals surface area contributed by atoms with Gasteiger partial charge in [-0.2, -0.15) is 18.2 Å². The molecule has 0 aliphatic carbocycles.